The van der Waals surface area contributed by atoms with Crippen LogP contribution in [0.3, 0.4) is 0 Å². The number of aryl methyl sites for hydroxylation is 1. The van der Waals surface area contributed by atoms with Crippen LogP contribution in [0.2, 0.25) is 0 Å². The van der Waals surface area contributed by atoms with E-state index in [9.17, 15) is 0 Å². The van der Waals surface area contributed by atoms with Gasteiger partial charge in [0.15, 0.2) is 0 Å². The van der Waals surface area contributed by atoms with E-state index in [2.05, 4.69) is 62.0 Å². The lowest BCUT2D eigenvalue weighted by atomic mass is 10.0. The van der Waals surface area contributed by atoms with Crippen LogP contribution in [0.5, 0.6) is 0 Å². The second-order valence-electron chi connectivity index (χ2n) is 6.05. The molecule has 2 nitrogen and oxygen atoms in total. The summed E-state index contributed by atoms with van der Waals surface area (Å²) in [6.45, 7) is 5.85. The molecule has 2 rings (SSSR count). The van der Waals surface area contributed by atoms with Crippen molar-refractivity contribution < 1.29 is 0 Å². The molecule has 0 aromatic heterocycles. The van der Waals surface area contributed by atoms with Crippen molar-refractivity contribution >= 4 is 6.08 Å². The van der Waals surface area contributed by atoms with Crippen LogP contribution >= 0.6 is 0 Å². The van der Waals surface area contributed by atoms with Gasteiger partial charge in [-0.05, 0) is 36.5 Å². The molecule has 0 aliphatic heterocycles. The molecule has 0 heterocycles. The summed E-state index contributed by atoms with van der Waals surface area (Å²) in [6.07, 6.45) is 7.51. The molecule has 2 unspecified atom stereocenters. The molecule has 2 aromatic rings. The lowest BCUT2D eigenvalue weighted by molar-refractivity contribution is 0.771. The van der Waals surface area contributed by atoms with E-state index in [1.807, 2.05) is 18.2 Å². The summed E-state index contributed by atoms with van der Waals surface area (Å²) in [5, 5.41) is 0. The Morgan fingerprint density at radius 2 is 1.26 bits per heavy atom. The molecule has 0 amide bonds. The van der Waals surface area contributed by atoms with Crippen LogP contribution in [0.25, 0.3) is 6.08 Å². The molecule has 2 aromatic carbocycles. The molecule has 0 saturated heterocycles. The molecule has 2 atom stereocenters. The predicted octanol–water partition coefficient (Wildman–Crippen LogP) is 3.63. The summed E-state index contributed by atoms with van der Waals surface area (Å²) in [4.78, 5) is 0. The second kappa shape index (κ2) is 8.47. The first-order valence-corrected chi connectivity index (χ1v) is 8.03. The fourth-order valence-corrected chi connectivity index (χ4v) is 2.48. The highest BCUT2D eigenvalue weighted by molar-refractivity contribution is 5.47. The van der Waals surface area contributed by atoms with Gasteiger partial charge in [-0.3, -0.25) is 0 Å². The zero-order valence-corrected chi connectivity index (χ0v) is 13.8. The predicted molar refractivity (Wildman–Crippen MR) is 100 cm³/mol. The minimum atomic E-state index is -0.0198. The van der Waals surface area contributed by atoms with Crippen LogP contribution in [-0.2, 0) is 12.8 Å². The summed E-state index contributed by atoms with van der Waals surface area (Å²) in [5.74, 6) is 0. The first-order valence-electron chi connectivity index (χ1n) is 8.03. The third-order valence-electron chi connectivity index (χ3n) is 3.88. The van der Waals surface area contributed by atoms with Crippen molar-refractivity contribution in [1.82, 2.24) is 0 Å². The van der Waals surface area contributed by atoms with Gasteiger partial charge < -0.3 is 11.5 Å². The number of rotatable bonds is 7. The fourth-order valence-electron chi connectivity index (χ4n) is 2.48. The Morgan fingerprint density at radius 3 is 1.70 bits per heavy atom. The molecule has 0 bridgehead atoms. The Morgan fingerprint density at radius 1 is 0.826 bits per heavy atom. The van der Waals surface area contributed by atoms with E-state index in [1.165, 1.54) is 16.7 Å². The molecule has 0 aliphatic carbocycles. The monoisotopic (exact) mass is 306 g/mol. The molecule has 120 valence electrons. The summed E-state index contributed by atoms with van der Waals surface area (Å²) in [6, 6.07) is 16.8. The van der Waals surface area contributed by atoms with Crippen molar-refractivity contribution in [3.8, 4) is 0 Å². The molecule has 4 N–H and O–H groups in total. The minimum Gasteiger partial charge on any atom is -0.324 e. The van der Waals surface area contributed by atoms with E-state index in [0.717, 1.165) is 18.4 Å². The molecule has 2 heteroatoms. The van der Waals surface area contributed by atoms with E-state index < -0.39 is 0 Å². The van der Waals surface area contributed by atoms with E-state index in [0.29, 0.717) is 0 Å². The van der Waals surface area contributed by atoms with Crippen molar-refractivity contribution in [2.75, 3.05) is 0 Å². The Hall–Kier alpha value is -2.16. The summed E-state index contributed by atoms with van der Waals surface area (Å²) >= 11 is 0. The Balaban J connectivity index is 1.85. The van der Waals surface area contributed by atoms with E-state index in [4.69, 9.17) is 11.5 Å². The van der Waals surface area contributed by atoms with E-state index in [1.54, 1.807) is 0 Å². The third-order valence-corrected chi connectivity index (χ3v) is 3.88. The maximum atomic E-state index is 6.18. The van der Waals surface area contributed by atoms with Crippen LogP contribution in [0.1, 0.15) is 22.3 Å². The van der Waals surface area contributed by atoms with Crippen LogP contribution in [0, 0.1) is 6.92 Å². The average molecular weight is 306 g/mol. The van der Waals surface area contributed by atoms with Crippen LogP contribution in [-0.4, -0.2) is 12.1 Å². The SMILES string of the molecule is C=Cc1ccc(CC(N)/C=C/C(N)Cc2ccc(C)cc2)cc1. The molecule has 0 saturated carbocycles. The maximum Gasteiger partial charge on any atom is 0.0265 e. The largest absolute Gasteiger partial charge is 0.324 e. The molecule has 0 fully saturated rings. The zero-order valence-electron chi connectivity index (χ0n) is 13.8. The molecular weight excluding hydrogens is 280 g/mol. The van der Waals surface area contributed by atoms with Gasteiger partial charge in [-0.25, -0.2) is 0 Å². The third kappa shape index (κ3) is 5.85. The smallest absolute Gasteiger partial charge is 0.0265 e. The van der Waals surface area contributed by atoms with Crippen molar-refractivity contribution in [2.24, 2.45) is 11.5 Å². The second-order valence-corrected chi connectivity index (χ2v) is 6.05. The summed E-state index contributed by atoms with van der Waals surface area (Å²) < 4.78 is 0. The van der Waals surface area contributed by atoms with Gasteiger partial charge >= 0.3 is 0 Å². The van der Waals surface area contributed by atoms with Gasteiger partial charge in [-0.15, -0.1) is 0 Å². The quantitative estimate of drug-likeness (QED) is 0.767. The van der Waals surface area contributed by atoms with Crippen molar-refractivity contribution in [3.05, 3.63) is 89.5 Å². The fraction of sp³-hybridized carbons (Fsp3) is 0.238. The van der Waals surface area contributed by atoms with E-state index >= 15 is 0 Å². The van der Waals surface area contributed by atoms with Gasteiger partial charge in [-0.2, -0.15) is 0 Å². The van der Waals surface area contributed by atoms with Crippen molar-refractivity contribution in [3.63, 3.8) is 0 Å². The zero-order chi connectivity index (χ0) is 16.7. The van der Waals surface area contributed by atoms with Crippen LogP contribution in [0.4, 0.5) is 0 Å². The minimum absolute atomic E-state index is 0.00750. The molecule has 23 heavy (non-hydrogen) atoms. The first-order chi connectivity index (χ1) is 11.1. The number of hydrogen-bond donors (Lipinski definition) is 2. The number of hydrogen-bond acceptors (Lipinski definition) is 2. The van der Waals surface area contributed by atoms with Gasteiger partial charge in [0, 0.05) is 12.1 Å². The number of nitrogens with two attached hydrogens (primary N) is 2. The van der Waals surface area contributed by atoms with Crippen LogP contribution < -0.4 is 11.5 Å². The normalized spacial score (nSPS) is 13.9. The Bertz CT molecular complexity index is 639. The van der Waals surface area contributed by atoms with Crippen molar-refractivity contribution in [2.45, 2.75) is 31.8 Å². The average Bonchev–Trinajstić information content (AvgIpc) is 2.56. The van der Waals surface area contributed by atoms with Gasteiger partial charge in [0.1, 0.15) is 0 Å². The Labute approximate surface area is 139 Å². The Kier molecular flexibility index (Phi) is 6.33. The highest BCUT2D eigenvalue weighted by atomic mass is 14.6. The van der Waals surface area contributed by atoms with Gasteiger partial charge in [-0.1, -0.05) is 78.9 Å². The van der Waals surface area contributed by atoms with Gasteiger partial charge in [0.2, 0.25) is 0 Å². The lowest BCUT2D eigenvalue weighted by Crippen LogP contribution is -2.24. The highest BCUT2D eigenvalue weighted by Gasteiger charge is 2.03. The standard InChI is InChI=1S/C21H26N2/c1-3-17-8-10-19(11-9-17)15-21(23)13-12-20(22)14-18-6-4-16(2)5-7-18/h3-13,20-21H,1,14-15,22-23H2,2H3/b13-12+. The summed E-state index contributed by atoms with van der Waals surface area (Å²) in [5.41, 5.74) is 17.2. The van der Waals surface area contributed by atoms with Gasteiger partial charge in [0.25, 0.3) is 0 Å². The molecule has 0 spiro atoms. The topological polar surface area (TPSA) is 52.0 Å². The lowest BCUT2D eigenvalue weighted by Gasteiger charge is -2.10. The summed E-state index contributed by atoms with van der Waals surface area (Å²) in [7, 11) is 0. The number of benzene rings is 2. The van der Waals surface area contributed by atoms with Gasteiger partial charge in [0.05, 0.1) is 0 Å². The first kappa shape index (κ1) is 17.2. The molecular formula is C21H26N2. The molecule has 0 aliphatic rings. The van der Waals surface area contributed by atoms with E-state index in [-0.39, 0.29) is 12.1 Å². The highest BCUT2D eigenvalue weighted by Crippen LogP contribution is 2.09. The maximum absolute atomic E-state index is 6.18. The van der Waals surface area contributed by atoms with Crippen molar-refractivity contribution in [1.29, 1.82) is 0 Å². The molecule has 0 radical (unpaired) electrons. The van der Waals surface area contributed by atoms with Crippen LogP contribution in [0.15, 0.2) is 67.3 Å².